The van der Waals surface area contributed by atoms with Gasteiger partial charge in [-0.2, -0.15) is 4.31 Å². The van der Waals surface area contributed by atoms with E-state index in [9.17, 15) is 13.2 Å². The molecule has 164 valence electrons. The first-order valence-corrected chi connectivity index (χ1v) is 12.4. The number of imidazole rings is 1. The van der Waals surface area contributed by atoms with Crippen molar-refractivity contribution in [1.82, 2.24) is 14.3 Å². The van der Waals surface area contributed by atoms with E-state index in [4.69, 9.17) is 16.3 Å². The molecule has 1 fully saturated rings. The lowest BCUT2D eigenvalue weighted by Gasteiger charge is -2.26. The second kappa shape index (κ2) is 9.17. The molecule has 1 aliphatic rings. The highest BCUT2D eigenvalue weighted by Crippen LogP contribution is 2.28. The molecule has 0 bridgehead atoms. The molecule has 0 aliphatic carbocycles. The average molecular weight is 481 g/mol. The van der Waals surface area contributed by atoms with Crippen LogP contribution in [0.2, 0.25) is 5.02 Å². The van der Waals surface area contributed by atoms with Crippen LogP contribution >= 0.6 is 23.4 Å². The average Bonchev–Trinajstić information content (AvgIpc) is 3.16. The van der Waals surface area contributed by atoms with Gasteiger partial charge in [0.25, 0.3) is 0 Å². The molecule has 2 heterocycles. The van der Waals surface area contributed by atoms with E-state index in [0.29, 0.717) is 31.5 Å². The summed E-state index contributed by atoms with van der Waals surface area (Å²) in [6, 6.07) is 10.2. The van der Waals surface area contributed by atoms with E-state index < -0.39 is 10.0 Å². The molecule has 0 radical (unpaired) electrons. The molecule has 1 aromatic heterocycles. The Morgan fingerprint density at radius 3 is 2.81 bits per heavy atom. The van der Waals surface area contributed by atoms with Gasteiger partial charge in [0.15, 0.2) is 5.16 Å². The number of ether oxygens (including phenoxy) is 1. The van der Waals surface area contributed by atoms with Crippen LogP contribution < -0.4 is 5.32 Å². The number of halogens is 1. The van der Waals surface area contributed by atoms with E-state index in [1.165, 1.54) is 34.3 Å². The van der Waals surface area contributed by atoms with Gasteiger partial charge >= 0.3 is 0 Å². The molecule has 0 spiro atoms. The van der Waals surface area contributed by atoms with Crippen LogP contribution in [0.3, 0.4) is 0 Å². The quantitative estimate of drug-likeness (QED) is 0.525. The number of hydrogen-bond acceptors (Lipinski definition) is 6. The molecule has 1 amide bonds. The van der Waals surface area contributed by atoms with Crippen LogP contribution in [-0.2, 0) is 19.6 Å². The number of anilines is 1. The van der Waals surface area contributed by atoms with Crippen LogP contribution in [0.5, 0.6) is 0 Å². The van der Waals surface area contributed by atoms with Crippen molar-refractivity contribution in [2.75, 3.05) is 37.4 Å². The predicted octanol–water partition coefficient (Wildman–Crippen LogP) is 3.28. The summed E-state index contributed by atoms with van der Waals surface area (Å²) < 4.78 is 32.3. The van der Waals surface area contributed by atoms with Crippen LogP contribution in [0.1, 0.15) is 5.56 Å². The summed E-state index contributed by atoms with van der Waals surface area (Å²) in [6.07, 6.45) is 0. The minimum atomic E-state index is -3.69. The zero-order valence-electron chi connectivity index (χ0n) is 16.7. The van der Waals surface area contributed by atoms with E-state index in [2.05, 4.69) is 15.3 Å². The van der Waals surface area contributed by atoms with Crippen molar-refractivity contribution in [3.05, 3.63) is 47.0 Å². The Hall–Kier alpha value is -2.11. The molecule has 0 saturated carbocycles. The Morgan fingerprint density at radius 1 is 1.26 bits per heavy atom. The number of aromatic amines is 1. The van der Waals surface area contributed by atoms with Crippen LogP contribution in [0.4, 0.5) is 5.69 Å². The Labute approximate surface area is 189 Å². The van der Waals surface area contributed by atoms with Crippen molar-refractivity contribution in [1.29, 1.82) is 0 Å². The third-order valence-electron chi connectivity index (χ3n) is 4.78. The van der Waals surface area contributed by atoms with Gasteiger partial charge in [0, 0.05) is 13.1 Å². The van der Waals surface area contributed by atoms with Crippen LogP contribution in [0, 0.1) is 6.92 Å². The van der Waals surface area contributed by atoms with Gasteiger partial charge in [-0.3, -0.25) is 4.79 Å². The Bertz CT molecular complexity index is 1220. The van der Waals surface area contributed by atoms with Gasteiger partial charge in [0.1, 0.15) is 0 Å². The number of nitrogens with zero attached hydrogens (tertiary/aromatic N) is 2. The van der Waals surface area contributed by atoms with E-state index in [1.54, 1.807) is 0 Å². The van der Waals surface area contributed by atoms with E-state index in [1.807, 2.05) is 25.1 Å². The SMILES string of the molecule is Cc1ccc2nc(SCC(=O)Nc3cc(S(=O)(=O)N4CCOCC4)ccc3Cl)[nH]c2c1. The molecule has 0 unspecified atom stereocenters. The maximum absolute atomic E-state index is 12.9. The number of thioether (sulfide) groups is 1. The van der Waals surface area contributed by atoms with Crippen LogP contribution in [0.25, 0.3) is 11.0 Å². The number of morpholine rings is 1. The monoisotopic (exact) mass is 480 g/mol. The molecule has 4 rings (SSSR count). The Balaban J connectivity index is 1.44. The van der Waals surface area contributed by atoms with Gasteiger partial charge in [-0.05, 0) is 42.8 Å². The number of nitrogens with one attached hydrogen (secondary N) is 2. The second-order valence-electron chi connectivity index (χ2n) is 7.06. The third-order valence-corrected chi connectivity index (χ3v) is 7.87. The lowest BCUT2D eigenvalue weighted by molar-refractivity contribution is -0.113. The fraction of sp³-hybridized carbons (Fsp3) is 0.300. The standard InChI is InChI=1S/C20H21ClN4O4S2/c1-13-2-5-16-18(10-13)24-20(23-16)30-12-19(26)22-17-11-14(3-4-15(17)21)31(27,28)25-6-8-29-9-7-25/h2-5,10-11H,6-9,12H2,1H3,(H,22,26)(H,23,24). The smallest absolute Gasteiger partial charge is 0.243 e. The zero-order chi connectivity index (χ0) is 22.0. The highest BCUT2D eigenvalue weighted by Gasteiger charge is 2.27. The molecule has 1 saturated heterocycles. The van der Waals surface area contributed by atoms with E-state index in [0.717, 1.165) is 16.6 Å². The molecule has 2 aromatic carbocycles. The minimum absolute atomic E-state index is 0.0782. The fourth-order valence-corrected chi connectivity index (χ4v) is 5.47. The molecule has 2 N–H and O–H groups in total. The highest BCUT2D eigenvalue weighted by molar-refractivity contribution is 7.99. The number of carbonyl (C=O) groups excluding carboxylic acids is 1. The second-order valence-corrected chi connectivity index (χ2v) is 10.4. The van der Waals surface area contributed by atoms with E-state index >= 15 is 0 Å². The van der Waals surface area contributed by atoms with Gasteiger partial charge in [-0.15, -0.1) is 0 Å². The number of fused-ring (bicyclic) bond motifs is 1. The molecular weight excluding hydrogens is 460 g/mol. The maximum atomic E-state index is 12.9. The topological polar surface area (TPSA) is 104 Å². The minimum Gasteiger partial charge on any atom is -0.379 e. The first kappa shape index (κ1) is 22.1. The van der Waals surface area contributed by atoms with Crippen LogP contribution in [0.15, 0.2) is 46.5 Å². The first-order valence-electron chi connectivity index (χ1n) is 9.59. The lowest BCUT2D eigenvalue weighted by Crippen LogP contribution is -2.40. The number of rotatable bonds is 6. The van der Waals surface area contributed by atoms with Gasteiger partial charge in [-0.25, -0.2) is 13.4 Å². The van der Waals surface area contributed by atoms with Gasteiger partial charge in [-0.1, -0.05) is 29.4 Å². The molecular formula is C20H21ClN4O4S2. The van der Waals surface area contributed by atoms with E-state index in [-0.39, 0.29) is 27.3 Å². The number of sulfonamides is 1. The van der Waals surface area contributed by atoms with Gasteiger partial charge in [0.05, 0.1) is 45.6 Å². The predicted molar refractivity (Wildman–Crippen MR) is 121 cm³/mol. The van der Waals surface area contributed by atoms with Crippen molar-refractivity contribution >= 4 is 56.0 Å². The van der Waals surface area contributed by atoms with Crippen molar-refractivity contribution in [2.24, 2.45) is 0 Å². The summed E-state index contributed by atoms with van der Waals surface area (Å²) in [5.74, 6) is -0.222. The number of H-pyrrole nitrogens is 1. The first-order chi connectivity index (χ1) is 14.8. The largest absolute Gasteiger partial charge is 0.379 e. The highest BCUT2D eigenvalue weighted by atomic mass is 35.5. The number of aromatic nitrogens is 2. The number of aryl methyl sites for hydroxylation is 1. The Morgan fingerprint density at radius 2 is 2.03 bits per heavy atom. The summed E-state index contributed by atoms with van der Waals surface area (Å²) >= 11 is 7.45. The molecule has 11 heteroatoms. The van der Waals surface area contributed by atoms with Crippen molar-refractivity contribution in [2.45, 2.75) is 17.0 Å². The summed E-state index contributed by atoms with van der Waals surface area (Å²) in [5, 5.41) is 3.59. The van der Waals surface area contributed by atoms with Gasteiger partial charge < -0.3 is 15.0 Å². The molecule has 1 aliphatic heterocycles. The summed E-state index contributed by atoms with van der Waals surface area (Å²) in [6.45, 7) is 3.29. The van der Waals surface area contributed by atoms with Gasteiger partial charge in [0.2, 0.25) is 15.9 Å². The number of benzene rings is 2. The summed E-state index contributed by atoms with van der Waals surface area (Å²) in [5.41, 5.74) is 3.11. The number of carbonyl (C=O) groups is 1. The third kappa shape index (κ3) is 5.04. The van der Waals surface area contributed by atoms with Crippen molar-refractivity contribution < 1.29 is 17.9 Å². The maximum Gasteiger partial charge on any atom is 0.243 e. The lowest BCUT2D eigenvalue weighted by atomic mass is 10.2. The number of hydrogen-bond donors (Lipinski definition) is 2. The number of amides is 1. The Kier molecular flexibility index (Phi) is 6.54. The molecule has 8 nitrogen and oxygen atoms in total. The molecule has 0 atom stereocenters. The van der Waals surface area contributed by atoms with Crippen molar-refractivity contribution in [3.63, 3.8) is 0 Å². The summed E-state index contributed by atoms with van der Waals surface area (Å²) in [4.78, 5) is 20.2. The molecule has 3 aromatic rings. The zero-order valence-corrected chi connectivity index (χ0v) is 19.1. The van der Waals surface area contributed by atoms with Crippen molar-refractivity contribution in [3.8, 4) is 0 Å². The molecule has 31 heavy (non-hydrogen) atoms. The fourth-order valence-electron chi connectivity index (χ4n) is 3.19. The summed E-state index contributed by atoms with van der Waals surface area (Å²) in [7, 11) is -3.69. The normalized spacial score (nSPS) is 15.3. The van der Waals surface area contributed by atoms with Crippen LogP contribution in [-0.4, -0.2) is 60.7 Å².